The molecule has 0 spiro atoms. The number of hydrogen-bond donors (Lipinski definition) is 4. The molecule has 9 nitrogen and oxygen atoms in total. The summed E-state index contributed by atoms with van der Waals surface area (Å²) in [6, 6.07) is 3.20. The number of primary amides is 1. The number of alkyl halides is 2. The van der Waals surface area contributed by atoms with Crippen molar-refractivity contribution in [3.8, 4) is 0 Å². The molecular formula is C19H20F2N8O. The van der Waals surface area contributed by atoms with E-state index in [1.54, 1.807) is 30.6 Å². The van der Waals surface area contributed by atoms with Gasteiger partial charge in [-0.1, -0.05) is 0 Å². The minimum absolute atomic E-state index is 0.0851. The van der Waals surface area contributed by atoms with Crippen LogP contribution in [-0.2, 0) is 0 Å². The summed E-state index contributed by atoms with van der Waals surface area (Å²) in [7, 11) is 0. The zero-order valence-corrected chi connectivity index (χ0v) is 15.8. The molecule has 2 heterocycles. The predicted octanol–water partition coefficient (Wildman–Crippen LogP) is 2.19. The van der Waals surface area contributed by atoms with Crippen molar-refractivity contribution >= 4 is 34.3 Å². The third kappa shape index (κ3) is 3.96. The second-order valence-corrected chi connectivity index (χ2v) is 7.13. The van der Waals surface area contributed by atoms with E-state index in [9.17, 15) is 13.6 Å². The maximum Gasteiger partial charge on any atom is 0.271 e. The number of anilines is 3. The van der Waals surface area contributed by atoms with E-state index in [1.807, 2.05) is 0 Å². The van der Waals surface area contributed by atoms with Gasteiger partial charge in [0.25, 0.3) is 11.8 Å². The molecule has 2 aromatic heterocycles. The van der Waals surface area contributed by atoms with Gasteiger partial charge >= 0.3 is 0 Å². The van der Waals surface area contributed by atoms with Crippen LogP contribution < -0.4 is 22.1 Å². The van der Waals surface area contributed by atoms with Crippen molar-refractivity contribution in [3.63, 3.8) is 0 Å². The maximum atomic E-state index is 13.9. The quantitative estimate of drug-likeness (QED) is 0.497. The van der Waals surface area contributed by atoms with Gasteiger partial charge in [0.15, 0.2) is 11.5 Å². The molecule has 1 amide bonds. The molecule has 4 rings (SSSR count). The van der Waals surface area contributed by atoms with Crippen LogP contribution in [0.15, 0.2) is 36.8 Å². The van der Waals surface area contributed by atoms with E-state index in [-0.39, 0.29) is 23.8 Å². The van der Waals surface area contributed by atoms with Gasteiger partial charge in [0.1, 0.15) is 5.82 Å². The highest BCUT2D eigenvalue weighted by molar-refractivity contribution is 5.96. The summed E-state index contributed by atoms with van der Waals surface area (Å²) in [6.45, 7) is 0. The first-order valence-corrected chi connectivity index (χ1v) is 9.38. The molecule has 3 aromatic rings. The number of amides is 1. The number of nitrogens with zero attached hydrogens (tertiary/aromatic N) is 4. The van der Waals surface area contributed by atoms with Crippen molar-refractivity contribution in [2.24, 2.45) is 11.5 Å². The van der Waals surface area contributed by atoms with Gasteiger partial charge < -0.3 is 22.1 Å². The second kappa shape index (κ2) is 7.75. The normalized spacial score (nSPS) is 20.6. The molecule has 1 aliphatic carbocycles. The number of nitrogens with one attached hydrogen (secondary N) is 2. The largest absolute Gasteiger partial charge is 0.364 e. The van der Waals surface area contributed by atoms with Crippen LogP contribution in [0.5, 0.6) is 0 Å². The van der Waals surface area contributed by atoms with Gasteiger partial charge in [-0.05, 0) is 31.0 Å². The summed E-state index contributed by atoms with van der Waals surface area (Å²) in [5.41, 5.74) is 13.0. The number of carbonyl (C=O) groups excluding carboxylic acids is 1. The number of halogens is 2. The van der Waals surface area contributed by atoms with Crippen molar-refractivity contribution in [3.05, 3.63) is 42.5 Å². The van der Waals surface area contributed by atoms with Crippen LogP contribution >= 0.6 is 0 Å². The Balaban J connectivity index is 1.62. The lowest BCUT2D eigenvalue weighted by molar-refractivity contribution is -0.0554. The molecule has 0 aliphatic heterocycles. The van der Waals surface area contributed by atoms with E-state index >= 15 is 0 Å². The molecule has 1 fully saturated rings. The van der Waals surface area contributed by atoms with Gasteiger partial charge in [-0.2, -0.15) is 0 Å². The molecule has 1 saturated carbocycles. The van der Waals surface area contributed by atoms with Crippen LogP contribution in [0.2, 0.25) is 0 Å². The smallest absolute Gasteiger partial charge is 0.271 e. The summed E-state index contributed by atoms with van der Waals surface area (Å²) in [6.07, 6.45) is 5.00. The van der Waals surface area contributed by atoms with Crippen molar-refractivity contribution < 1.29 is 13.6 Å². The van der Waals surface area contributed by atoms with E-state index in [0.717, 1.165) is 0 Å². The lowest BCUT2D eigenvalue weighted by Crippen LogP contribution is -2.55. The Morgan fingerprint density at radius 3 is 2.70 bits per heavy atom. The zero-order chi connectivity index (χ0) is 21.3. The monoisotopic (exact) mass is 414 g/mol. The van der Waals surface area contributed by atoms with Crippen LogP contribution in [0.1, 0.15) is 29.8 Å². The van der Waals surface area contributed by atoms with E-state index in [1.165, 1.54) is 6.20 Å². The third-order valence-electron chi connectivity index (χ3n) is 5.02. The highest BCUT2D eigenvalue weighted by atomic mass is 19.3. The van der Waals surface area contributed by atoms with Gasteiger partial charge in [-0.15, -0.1) is 0 Å². The first kappa shape index (κ1) is 19.8. The number of aromatic nitrogens is 4. The Kier molecular flexibility index (Phi) is 5.12. The zero-order valence-electron chi connectivity index (χ0n) is 15.8. The molecule has 0 unspecified atom stereocenters. The SMILES string of the molecule is NC(=O)c1ncc(N[C@@H]2CCCC(F)(F)[C@@H]2N)nc1Nc1ccc2nccnc2c1. The highest BCUT2D eigenvalue weighted by Gasteiger charge is 2.44. The van der Waals surface area contributed by atoms with Crippen LogP contribution in [0.4, 0.5) is 26.1 Å². The standard InChI is InChI=1S/C19H20F2N8O/c20-19(21)5-1-2-12(16(19)22)28-14-9-26-15(17(23)30)18(29-14)27-10-3-4-11-13(8-10)25-7-6-24-11/h3-4,6-9,12,16H,1-2,5,22H2,(H2,23,30)(H2,27,28,29)/t12-,16-/m1/s1. The molecular weight excluding hydrogens is 394 g/mol. The lowest BCUT2D eigenvalue weighted by atomic mass is 9.87. The summed E-state index contributed by atoms with van der Waals surface area (Å²) < 4.78 is 27.9. The van der Waals surface area contributed by atoms with Crippen LogP contribution in [-0.4, -0.2) is 43.8 Å². The average molecular weight is 414 g/mol. The number of benzene rings is 1. The Morgan fingerprint density at radius 2 is 1.93 bits per heavy atom. The van der Waals surface area contributed by atoms with E-state index < -0.39 is 23.9 Å². The second-order valence-electron chi connectivity index (χ2n) is 7.13. The molecule has 30 heavy (non-hydrogen) atoms. The molecule has 0 bridgehead atoms. The first-order chi connectivity index (χ1) is 14.3. The van der Waals surface area contributed by atoms with E-state index in [4.69, 9.17) is 11.5 Å². The fourth-order valence-electron chi connectivity index (χ4n) is 3.45. The third-order valence-corrected chi connectivity index (χ3v) is 5.02. The number of carbonyl (C=O) groups is 1. The van der Waals surface area contributed by atoms with Gasteiger partial charge in [-0.25, -0.2) is 18.7 Å². The van der Waals surface area contributed by atoms with Gasteiger partial charge in [0.2, 0.25) is 0 Å². The number of fused-ring (bicyclic) bond motifs is 1. The molecule has 1 aliphatic rings. The molecule has 0 saturated heterocycles. The Hall–Kier alpha value is -3.47. The predicted molar refractivity (Wildman–Crippen MR) is 108 cm³/mol. The molecule has 6 N–H and O–H groups in total. The summed E-state index contributed by atoms with van der Waals surface area (Å²) in [5.74, 6) is -3.44. The van der Waals surface area contributed by atoms with Gasteiger partial charge in [0.05, 0.1) is 23.3 Å². The van der Waals surface area contributed by atoms with Crippen molar-refractivity contribution in [1.82, 2.24) is 19.9 Å². The van der Waals surface area contributed by atoms with Gasteiger partial charge in [-0.3, -0.25) is 14.8 Å². The Labute approximate surface area is 170 Å². The number of hydrogen-bond acceptors (Lipinski definition) is 8. The van der Waals surface area contributed by atoms with E-state index in [0.29, 0.717) is 29.6 Å². The van der Waals surface area contributed by atoms with Gasteiger partial charge in [0, 0.05) is 30.5 Å². The molecule has 0 radical (unpaired) electrons. The number of nitrogens with two attached hydrogens (primary N) is 2. The molecule has 11 heteroatoms. The van der Waals surface area contributed by atoms with Crippen LogP contribution in [0, 0.1) is 0 Å². The topological polar surface area (TPSA) is 145 Å². The fourth-order valence-corrected chi connectivity index (χ4v) is 3.45. The van der Waals surface area contributed by atoms with Crippen molar-refractivity contribution in [1.29, 1.82) is 0 Å². The first-order valence-electron chi connectivity index (χ1n) is 9.38. The minimum atomic E-state index is -2.95. The molecule has 1 aromatic carbocycles. The Morgan fingerprint density at radius 1 is 1.17 bits per heavy atom. The molecule has 2 atom stereocenters. The average Bonchev–Trinajstić information content (AvgIpc) is 2.71. The Bertz CT molecular complexity index is 1090. The summed E-state index contributed by atoms with van der Waals surface area (Å²) in [5, 5.41) is 5.90. The maximum absolute atomic E-state index is 13.9. The summed E-state index contributed by atoms with van der Waals surface area (Å²) in [4.78, 5) is 28.6. The van der Waals surface area contributed by atoms with E-state index in [2.05, 4.69) is 30.6 Å². The van der Waals surface area contributed by atoms with Crippen LogP contribution in [0.3, 0.4) is 0 Å². The number of rotatable bonds is 5. The summed E-state index contributed by atoms with van der Waals surface area (Å²) >= 11 is 0. The highest BCUT2D eigenvalue weighted by Crippen LogP contribution is 2.33. The van der Waals surface area contributed by atoms with Crippen molar-refractivity contribution in [2.45, 2.75) is 37.3 Å². The lowest BCUT2D eigenvalue weighted by Gasteiger charge is -2.36. The van der Waals surface area contributed by atoms with Crippen LogP contribution in [0.25, 0.3) is 11.0 Å². The van der Waals surface area contributed by atoms with Crippen molar-refractivity contribution in [2.75, 3.05) is 10.6 Å². The molecule has 156 valence electrons. The fraction of sp³-hybridized carbons (Fsp3) is 0.316. The minimum Gasteiger partial charge on any atom is -0.364 e.